The fraction of sp³-hybridized carbons (Fsp3) is 1.00. The van der Waals surface area contributed by atoms with E-state index in [1.165, 1.54) is 19.3 Å². The van der Waals surface area contributed by atoms with Gasteiger partial charge in [0.15, 0.2) is 0 Å². The largest absolute Gasteiger partial charge is 0.359 e. The third-order valence-electron chi connectivity index (χ3n) is 3.03. The van der Waals surface area contributed by atoms with Gasteiger partial charge in [0.05, 0.1) is 6.10 Å². The van der Waals surface area contributed by atoms with Gasteiger partial charge in [0.25, 0.3) is 0 Å². The molecule has 0 bridgehead atoms. The smallest absolute Gasteiger partial charge is 0.146 e. The standard InChI is InChI=1S/C10H20O2/c1-8-5-4-6-10(9(8)2)12-7-11-3/h8-10H,4-7H2,1-3H3. The molecule has 2 heteroatoms. The molecule has 1 rings (SSSR count). The number of hydrogen-bond donors (Lipinski definition) is 0. The van der Waals surface area contributed by atoms with Gasteiger partial charge >= 0.3 is 0 Å². The van der Waals surface area contributed by atoms with Crippen molar-refractivity contribution in [1.82, 2.24) is 0 Å². The van der Waals surface area contributed by atoms with Crippen LogP contribution in [0.2, 0.25) is 0 Å². The summed E-state index contributed by atoms with van der Waals surface area (Å²) in [6.07, 6.45) is 4.29. The van der Waals surface area contributed by atoms with Gasteiger partial charge in [0, 0.05) is 7.11 Å². The van der Waals surface area contributed by atoms with Crippen molar-refractivity contribution < 1.29 is 9.47 Å². The summed E-state index contributed by atoms with van der Waals surface area (Å²) in [6.45, 7) is 5.04. The summed E-state index contributed by atoms with van der Waals surface area (Å²) in [6, 6.07) is 0. The predicted molar refractivity (Wildman–Crippen MR) is 48.9 cm³/mol. The van der Waals surface area contributed by atoms with E-state index < -0.39 is 0 Å². The van der Waals surface area contributed by atoms with E-state index in [1.807, 2.05) is 0 Å². The fourth-order valence-corrected chi connectivity index (χ4v) is 1.92. The average Bonchev–Trinajstić information content (AvgIpc) is 2.08. The zero-order valence-corrected chi connectivity index (χ0v) is 8.38. The highest BCUT2D eigenvalue weighted by Gasteiger charge is 2.27. The first-order valence-electron chi connectivity index (χ1n) is 4.86. The molecule has 0 aromatic heterocycles. The molecule has 3 atom stereocenters. The SMILES string of the molecule is COCOC1CCCC(C)C1C. The fourth-order valence-electron chi connectivity index (χ4n) is 1.92. The average molecular weight is 172 g/mol. The molecule has 0 saturated heterocycles. The molecule has 0 aromatic carbocycles. The molecule has 1 saturated carbocycles. The lowest BCUT2D eigenvalue weighted by atomic mass is 9.79. The third kappa shape index (κ3) is 2.46. The van der Waals surface area contributed by atoms with Crippen LogP contribution < -0.4 is 0 Å². The van der Waals surface area contributed by atoms with Gasteiger partial charge in [-0.15, -0.1) is 0 Å². The van der Waals surface area contributed by atoms with Crippen LogP contribution in [0.25, 0.3) is 0 Å². The van der Waals surface area contributed by atoms with Crippen molar-refractivity contribution >= 4 is 0 Å². The maximum Gasteiger partial charge on any atom is 0.146 e. The van der Waals surface area contributed by atoms with E-state index in [0.29, 0.717) is 18.8 Å². The molecule has 3 unspecified atom stereocenters. The van der Waals surface area contributed by atoms with Crippen LogP contribution in [-0.2, 0) is 9.47 Å². The third-order valence-corrected chi connectivity index (χ3v) is 3.03. The van der Waals surface area contributed by atoms with Crippen molar-refractivity contribution in [3.05, 3.63) is 0 Å². The topological polar surface area (TPSA) is 18.5 Å². The lowest BCUT2D eigenvalue weighted by Gasteiger charge is -2.33. The highest BCUT2D eigenvalue weighted by molar-refractivity contribution is 4.77. The molecule has 1 fully saturated rings. The van der Waals surface area contributed by atoms with Crippen LogP contribution in [-0.4, -0.2) is 20.0 Å². The Hall–Kier alpha value is -0.0800. The van der Waals surface area contributed by atoms with Crippen molar-refractivity contribution in [2.24, 2.45) is 11.8 Å². The summed E-state index contributed by atoms with van der Waals surface area (Å²) in [4.78, 5) is 0. The normalized spacial score (nSPS) is 36.8. The molecule has 0 aromatic rings. The van der Waals surface area contributed by atoms with Crippen LogP contribution in [0.3, 0.4) is 0 Å². The van der Waals surface area contributed by atoms with Crippen LogP contribution in [0.1, 0.15) is 33.1 Å². The highest BCUT2D eigenvalue weighted by atomic mass is 16.7. The monoisotopic (exact) mass is 172 g/mol. The zero-order valence-electron chi connectivity index (χ0n) is 8.38. The van der Waals surface area contributed by atoms with Gasteiger partial charge in [-0.05, 0) is 18.3 Å². The molecule has 12 heavy (non-hydrogen) atoms. The summed E-state index contributed by atoms with van der Waals surface area (Å²) in [5, 5.41) is 0. The molecule has 0 heterocycles. The van der Waals surface area contributed by atoms with Gasteiger partial charge in [-0.25, -0.2) is 0 Å². The molecule has 0 radical (unpaired) electrons. The van der Waals surface area contributed by atoms with Crippen LogP contribution in [0.15, 0.2) is 0 Å². The molecule has 0 spiro atoms. The van der Waals surface area contributed by atoms with Gasteiger partial charge in [0.1, 0.15) is 6.79 Å². The molecule has 2 nitrogen and oxygen atoms in total. The maximum absolute atomic E-state index is 5.59. The Bertz CT molecular complexity index is 125. The van der Waals surface area contributed by atoms with Crippen molar-refractivity contribution in [3.8, 4) is 0 Å². The molecule has 1 aliphatic carbocycles. The Morgan fingerprint density at radius 2 is 2.00 bits per heavy atom. The van der Waals surface area contributed by atoms with Crippen LogP contribution >= 0.6 is 0 Å². The molecule has 72 valence electrons. The molecular formula is C10H20O2. The Morgan fingerprint density at radius 1 is 1.25 bits per heavy atom. The minimum atomic E-state index is 0.425. The van der Waals surface area contributed by atoms with Gasteiger partial charge in [-0.2, -0.15) is 0 Å². The number of methoxy groups -OCH3 is 1. The van der Waals surface area contributed by atoms with Crippen molar-refractivity contribution in [3.63, 3.8) is 0 Å². The number of hydrogen-bond acceptors (Lipinski definition) is 2. The zero-order chi connectivity index (χ0) is 8.97. The quantitative estimate of drug-likeness (QED) is 0.609. The molecule has 0 amide bonds. The van der Waals surface area contributed by atoms with Gasteiger partial charge in [0.2, 0.25) is 0 Å². The highest BCUT2D eigenvalue weighted by Crippen LogP contribution is 2.31. The van der Waals surface area contributed by atoms with E-state index in [1.54, 1.807) is 7.11 Å². The first-order chi connectivity index (χ1) is 5.75. The van der Waals surface area contributed by atoms with E-state index in [9.17, 15) is 0 Å². The van der Waals surface area contributed by atoms with E-state index in [2.05, 4.69) is 13.8 Å². The number of rotatable bonds is 3. The first-order valence-corrected chi connectivity index (χ1v) is 4.86. The minimum absolute atomic E-state index is 0.425. The van der Waals surface area contributed by atoms with E-state index in [4.69, 9.17) is 9.47 Å². The Labute approximate surface area is 75.2 Å². The predicted octanol–water partition coefficient (Wildman–Crippen LogP) is 2.43. The Kier molecular flexibility index (Phi) is 4.02. The summed E-state index contributed by atoms with van der Waals surface area (Å²) in [5.74, 6) is 1.49. The van der Waals surface area contributed by atoms with E-state index >= 15 is 0 Å². The summed E-state index contributed by atoms with van der Waals surface area (Å²) < 4.78 is 10.5. The summed E-state index contributed by atoms with van der Waals surface area (Å²) in [5.41, 5.74) is 0. The molecular weight excluding hydrogens is 152 g/mol. The maximum atomic E-state index is 5.59. The van der Waals surface area contributed by atoms with Gasteiger partial charge < -0.3 is 9.47 Å². The van der Waals surface area contributed by atoms with Crippen LogP contribution in [0.4, 0.5) is 0 Å². The van der Waals surface area contributed by atoms with Crippen LogP contribution in [0.5, 0.6) is 0 Å². The number of ether oxygens (including phenoxy) is 2. The molecule has 0 N–H and O–H groups in total. The van der Waals surface area contributed by atoms with Crippen molar-refractivity contribution in [1.29, 1.82) is 0 Å². The summed E-state index contributed by atoms with van der Waals surface area (Å²) >= 11 is 0. The van der Waals surface area contributed by atoms with Gasteiger partial charge in [-0.3, -0.25) is 0 Å². The van der Waals surface area contributed by atoms with E-state index in [-0.39, 0.29) is 0 Å². The summed E-state index contributed by atoms with van der Waals surface area (Å²) in [7, 11) is 1.68. The first kappa shape index (κ1) is 10.0. The minimum Gasteiger partial charge on any atom is -0.359 e. The van der Waals surface area contributed by atoms with Crippen LogP contribution in [0, 0.1) is 11.8 Å². The van der Waals surface area contributed by atoms with Crippen molar-refractivity contribution in [2.75, 3.05) is 13.9 Å². The van der Waals surface area contributed by atoms with E-state index in [0.717, 1.165) is 5.92 Å². The Morgan fingerprint density at radius 3 is 2.67 bits per heavy atom. The molecule has 0 aliphatic heterocycles. The second-order valence-electron chi connectivity index (χ2n) is 3.88. The Balaban J connectivity index is 2.30. The van der Waals surface area contributed by atoms with Crippen molar-refractivity contribution in [2.45, 2.75) is 39.2 Å². The second kappa shape index (κ2) is 4.83. The lowest BCUT2D eigenvalue weighted by Crippen LogP contribution is -2.31. The lowest BCUT2D eigenvalue weighted by molar-refractivity contribution is -0.107. The van der Waals surface area contributed by atoms with Gasteiger partial charge in [-0.1, -0.05) is 26.7 Å². The second-order valence-corrected chi connectivity index (χ2v) is 3.88. The molecule has 1 aliphatic rings.